The molecule has 32 heavy (non-hydrogen) atoms. The van der Waals surface area contributed by atoms with E-state index in [0.717, 1.165) is 22.5 Å². The molecule has 0 saturated heterocycles. The second-order valence-electron chi connectivity index (χ2n) is 6.77. The number of esters is 1. The molecule has 3 rings (SSSR count). The number of hydrogen-bond donors (Lipinski definition) is 1. The zero-order valence-corrected chi connectivity index (χ0v) is 19.4. The first-order valence-corrected chi connectivity index (χ1v) is 11.8. The number of ether oxygens (including phenoxy) is 1. The monoisotopic (exact) mass is 453 g/mol. The van der Waals surface area contributed by atoms with Crippen molar-refractivity contribution < 1.29 is 18.6 Å². The second-order valence-corrected chi connectivity index (χ2v) is 8.37. The van der Waals surface area contributed by atoms with Crippen LogP contribution in [0.3, 0.4) is 0 Å². The highest BCUT2D eigenvalue weighted by atomic mass is 31.2. The Morgan fingerprint density at radius 2 is 1.62 bits per heavy atom. The van der Waals surface area contributed by atoms with Gasteiger partial charge in [-0.2, -0.15) is 0 Å². The lowest BCUT2D eigenvalue weighted by molar-refractivity contribution is -0.139. The maximum absolute atomic E-state index is 12.6. The third-order valence-corrected chi connectivity index (χ3v) is 6.34. The summed E-state index contributed by atoms with van der Waals surface area (Å²) in [6.45, 7) is 4.54. The molecule has 1 N–H and O–H groups in total. The van der Waals surface area contributed by atoms with Gasteiger partial charge in [-0.15, -0.1) is 0 Å². The first kappa shape index (κ1) is 23.8. The van der Waals surface area contributed by atoms with Crippen LogP contribution in [0.4, 0.5) is 5.82 Å². The maximum atomic E-state index is 12.6. The predicted octanol–water partition coefficient (Wildman–Crippen LogP) is 5.03. The van der Waals surface area contributed by atoms with Crippen LogP contribution in [0.1, 0.15) is 25.1 Å². The molecule has 0 saturated carbocycles. The molecule has 8 heteroatoms. The molecule has 0 bridgehead atoms. The first-order valence-electron chi connectivity index (χ1n) is 10.5. The number of anilines is 1. The van der Waals surface area contributed by atoms with Gasteiger partial charge in [0, 0.05) is 12.0 Å². The number of methoxy groups -OCH3 is 1. The molecule has 1 aromatic heterocycles. The SMILES string of the molecule is CCOP(OCC)C(Nc1ncc(-c2ccccc2)nc1Cc1ccccc1)C(=O)OC. The number of carbonyl (C=O) groups excluding carboxylic acids is 1. The first-order chi connectivity index (χ1) is 15.7. The number of aromatic nitrogens is 2. The van der Waals surface area contributed by atoms with E-state index in [1.54, 1.807) is 6.20 Å². The van der Waals surface area contributed by atoms with Gasteiger partial charge in [-0.3, -0.25) is 0 Å². The lowest BCUT2D eigenvalue weighted by Gasteiger charge is -2.25. The fraction of sp³-hybridized carbons (Fsp3) is 0.292. The highest BCUT2D eigenvalue weighted by Gasteiger charge is 2.33. The van der Waals surface area contributed by atoms with E-state index in [4.69, 9.17) is 18.8 Å². The van der Waals surface area contributed by atoms with E-state index in [-0.39, 0.29) is 0 Å². The largest absolute Gasteiger partial charge is 0.467 e. The summed E-state index contributed by atoms with van der Waals surface area (Å²) in [4.78, 5) is 22.1. The van der Waals surface area contributed by atoms with Crippen LogP contribution in [0.25, 0.3) is 11.3 Å². The second kappa shape index (κ2) is 12.2. The molecule has 0 spiro atoms. The van der Waals surface area contributed by atoms with Crippen LogP contribution < -0.4 is 5.32 Å². The third-order valence-electron chi connectivity index (χ3n) is 4.55. The summed E-state index contributed by atoms with van der Waals surface area (Å²) in [6, 6.07) is 19.9. The topological polar surface area (TPSA) is 82.6 Å². The molecule has 1 heterocycles. The zero-order chi connectivity index (χ0) is 22.8. The van der Waals surface area contributed by atoms with Crippen molar-refractivity contribution in [3.63, 3.8) is 0 Å². The number of hydrogen-bond acceptors (Lipinski definition) is 7. The van der Waals surface area contributed by atoms with Crippen LogP contribution in [0, 0.1) is 0 Å². The predicted molar refractivity (Wildman–Crippen MR) is 126 cm³/mol. The van der Waals surface area contributed by atoms with Crippen molar-refractivity contribution in [3.05, 3.63) is 78.1 Å². The van der Waals surface area contributed by atoms with Crippen molar-refractivity contribution in [3.8, 4) is 11.3 Å². The lowest BCUT2D eigenvalue weighted by Crippen LogP contribution is -2.31. The molecule has 1 atom stereocenters. The Kier molecular flexibility index (Phi) is 9.11. The van der Waals surface area contributed by atoms with Gasteiger partial charge in [0.1, 0.15) is 5.82 Å². The van der Waals surface area contributed by atoms with E-state index in [9.17, 15) is 4.79 Å². The van der Waals surface area contributed by atoms with Gasteiger partial charge in [0.25, 0.3) is 0 Å². The summed E-state index contributed by atoms with van der Waals surface area (Å²) < 4.78 is 16.5. The van der Waals surface area contributed by atoms with E-state index in [0.29, 0.717) is 25.5 Å². The summed E-state index contributed by atoms with van der Waals surface area (Å²) in [6.07, 6.45) is 2.25. The summed E-state index contributed by atoms with van der Waals surface area (Å²) in [5, 5.41) is 3.20. The van der Waals surface area contributed by atoms with Gasteiger partial charge in [-0.05, 0) is 19.4 Å². The van der Waals surface area contributed by atoms with Gasteiger partial charge in [0.2, 0.25) is 8.38 Å². The van der Waals surface area contributed by atoms with Crippen molar-refractivity contribution in [1.29, 1.82) is 0 Å². The molecule has 0 aliphatic heterocycles. The minimum absolute atomic E-state index is 0.413. The van der Waals surface area contributed by atoms with Gasteiger partial charge in [0.15, 0.2) is 5.78 Å². The zero-order valence-electron chi connectivity index (χ0n) is 18.5. The van der Waals surface area contributed by atoms with Crippen LogP contribution in [-0.4, -0.2) is 42.0 Å². The van der Waals surface area contributed by atoms with E-state index in [1.165, 1.54) is 7.11 Å². The Bertz CT molecular complexity index is 983. The average Bonchev–Trinajstić information content (AvgIpc) is 2.84. The molecule has 2 aromatic carbocycles. The van der Waals surface area contributed by atoms with Gasteiger partial charge >= 0.3 is 5.97 Å². The summed E-state index contributed by atoms with van der Waals surface area (Å²) in [7, 11) is -0.225. The third kappa shape index (κ3) is 6.33. The Morgan fingerprint density at radius 3 is 2.22 bits per heavy atom. The van der Waals surface area contributed by atoms with Crippen LogP contribution >= 0.6 is 8.38 Å². The molecule has 7 nitrogen and oxygen atoms in total. The molecule has 3 aromatic rings. The average molecular weight is 453 g/mol. The molecular weight excluding hydrogens is 425 g/mol. The molecular formula is C24H28N3O4P. The van der Waals surface area contributed by atoms with Gasteiger partial charge in [-0.1, -0.05) is 60.7 Å². The molecule has 0 fully saturated rings. The standard InChI is InChI=1S/C24H28N3O4P/c1-4-30-32(31-5-2)23(24(28)29-3)27-22-20(16-18-12-8-6-9-13-18)26-21(17-25-22)19-14-10-7-11-15-19/h6-15,17,23H,4-5,16H2,1-3H3,(H,25,27). The Balaban J connectivity index is 1.99. The summed E-state index contributed by atoms with van der Waals surface area (Å²) in [5.41, 5.74) is 3.53. The van der Waals surface area contributed by atoms with Crippen LogP contribution in [-0.2, 0) is 25.0 Å². The van der Waals surface area contributed by atoms with Crippen molar-refractivity contribution in [2.24, 2.45) is 0 Å². The highest BCUT2D eigenvalue weighted by molar-refractivity contribution is 7.49. The number of nitrogens with zero attached hydrogens (tertiary/aromatic N) is 2. The fourth-order valence-electron chi connectivity index (χ4n) is 3.09. The normalized spacial score (nSPS) is 11.9. The molecule has 0 amide bonds. The number of nitrogens with one attached hydrogen (secondary N) is 1. The van der Waals surface area contributed by atoms with E-state index in [1.807, 2.05) is 74.5 Å². The molecule has 1 unspecified atom stereocenters. The molecule has 168 valence electrons. The van der Waals surface area contributed by atoms with Crippen LogP contribution in [0.5, 0.6) is 0 Å². The van der Waals surface area contributed by atoms with Gasteiger partial charge in [0.05, 0.1) is 37.9 Å². The van der Waals surface area contributed by atoms with Gasteiger partial charge in [-0.25, -0.2) is 14.8 Å². The van der Waals surface area contributed by atoms with E-state index < -0.39 is 20.1 Å². The minimum Gasteiger partial charge on any atom is -0.467 e. The number of benzene rings is 2. The summed E-state index contributed by atoms with van der Waals surface area (Å²) >= 11 is 0. The molecule has 0 radical (unpaired) electrons. The molecule has 0 aliphatic carbocycles. The highest BCUT2D eigenvalue weighted by Crippen LogP contribution is 2.44. The Labute approximate surface area is 190 Å². The van der Waals surface area contributed by atoms with E-state index in [2.05, 4.69) is 10.3 Å². The quantitative estimate of drug-likeness (QED) is 0.322. The molecule has 0 aliphatic rings. The Morgan fingerprint density at radius 1 is 1.00 bits per heavy atom. The maximum Gasteiger partial charge on any atom is 0.337 e. The van der Waals surface area contributed by atoms with E-state index >= 15 is 0 Å². The van der Waals surface area contributed by atoms with Crippen molar-refractivity contribution in [2.75, 3.05) is 25.6 Å². The number of rotatable bonds is 11. The number of carbonyl (C=O) groups is 1. The smallest absolute Gasteiger partial charge is 0.337 e. The van der Waals surface area contributed by atoms with Crippen molar-refractivity contribution >= 4 is 20.2 Å². The van der Waals surface area contributed by atoms with Crippen molar-refractivity contribution in [1.82, 2.24) is 9.97 Å². The van der Waals surface area contributed by atoms with Crippen molar-refractivity contribution in [2.45, 2.75) is 26.1 Å². The fourth-order valence-corrected chi connectivity index (χ4v) is 4.47. The Hall–Kier alpha value is -2.86. The lowest BCUT2D eigenvalue weighted by atomic mass is 10.1. The minimum atomic E-state index is -1.57. The van der Waals surface area contributed by atoms with Crippen LogP contribution in [0.2, 0.25) is 0 Å². The van der Waals surface area contributed by atoms with Gasteiger partial charge < -0.3 is 19.1 Å². The van der Waals surface area contributed by atoms with Crippen LogP contribution in [0.15, 0.2) is 66.9 Å². The summed E-state index contributed by atoms with van der Waals surface area (Å²) in [5.74, 6) is -0.810.